The van der Waals surface area contributed by atoms with Crippen LogP contribution in [0.1, 0.15) is 90.4 Å². The van der Waals surface area contributed by atoms with E-state index in [0.29, 0.717) is 6.42 Å². The second-order valence-electron chi connectivity index (χ2n) is 7.94. The average Bonchev–Trinajstić information content (AvgIpc) is 2.78. The van der Waals surface area contributed by atoms with Crippen molar-refractivity contribution in [2.45, 2.75) is 96.5 Å². The molecule has 0 aliphatic heterocycles. The Morgan fingerprint density at radius 1 is 0.939 bits per heavy atom. The molecular formula is C23H44NO8P. The molecule has 2 atom stereocenters. The fourth-order valence-corrected chi connectivity index (χ4v) is 3.73. The molecule has 0 rings (SSSR count). The predicted octanol–water partition coefficient (Wildman–Crippen LogP) is 4.81. The molecule has 10 heteroatoms. The van der Waals surface area contributed by atoms with Crippen LogP contribution in [0.5, 0.6) is 0 Å². The van der Waals surface area contributed by atoms with Crippen molar-refractivity contribution in [2.24, 2.45) is 5.73 Å². The highest BCUT2D eigenvalue weighted by atomic mass is 31.2. The molecule has 1 unspecified atom stereocenters. The zero-order valence-electron chi connectivity index (χ0n) is 20.2. The van der Waals surface area contributed by atoms with E-state index in [2.05, 4.69) is 18.0 Å². The third-order valence-electron chi connectivity index (χ3n) is 4.80. The number of phosphoric ester groups is 1. The van der Waals surface area contributed by atoms with Crippen LogP contribution in [0.3, 0.4) is 0 Å². The molecule has 194 valence electrons. The minimum atomic E-state index is -4.34. The molecule has 0 saturated carbocycles. The molecule has 0 amide bonds. The number of carbonyl (C=O) groups excluding carboxylic acids is 2. The van der Waals surface area contributed by atoms with Gasteiger partial charge in [-0.3, -0.25) is 18.6 Å². The molecule has 0 aliphatic rings. The molecular weight excluding hydrogens is 449 g/mol. The van der Waals surface area contributed by atoms with E-state index >= 15 is 0 Å². The predicted molar refractivity (Wildman–Crippen MR) is 128 cm³/mol. The Bertz CT molecular complexity index is 573. The van der Waals surface area contributed by atoms with Crippen LogP contribution in [0.15, 0.2) is 12.7 Å². The highest BCUT2D eigenvalue weighted by Gasteiger charge is 2.25. The van der Waals surface area contributed by atoms with Gasteiger partial charge in [-0.1, -0.05) is 57.9 Å². The molecule has 0 radical (unpaired) electrons. The molecule has 33 heavy (non-hydrogen) atoms. The number of esters is 2. The summed E-state index contributed by atoms with van der Waals surface area (Å²) in [6.45, 7) is 5.02. The summed E-state index contributed by atoms with van der Waals surface area (Å²) in [6.07, 6.45) is 12.1. The molecule has 0 aromatic heterocycles. The number of carbonyl (C=O) groups is 2. The average molecular weight is 494 g/mol. The third kappa shape index (κ3) is 21.0. The largest absolute Gasteiger partial charge is 0.472 e. The summed E-state index contributed by atoms with van der Waals surface area (Å²) in [5.74, 6) is -0.875. The Hall–Kier alpha value is -1.25. The van der Waals surface area contributed by atoms with Gasteiger partial charge in [0.2, 0.25) is 0 Å². The van der Waals surface area contributed by atoms with Crippen molar-refractivity contribution in [1.29, 1.82) is 0 Å². The number of allylic oxidation sites excluding steroid dienone is 1. The van der Waals surface area contributed by atoms with E-state index < -0.39 is 32.5 Å². The SMILES string of the molecule is C=CCCCCCCCC(=O)O[C@H](COC(=O)CCCCCCC)COP(=O)(O)OCCN. The number of hydrogen-bond acceptors (Lipinski definition) is 8. The van der Waals surface area contributed by atoms with E-state index in [1.54, 1.807) is 0 Å². The lowest BCUT2D eigenvalue weighted by atomic mass is 10.1. The first kappa shape index (κ1) is 31.8. The van der Waals surface area contributed by atoms with Crippen molar-refractivity contribution in [3.05, 3.63) is 12.7 Å². The van der Waals surface area contributed by atoms with E-state index in [1.807, 2.05) is 6.08 Å². The first-order chi connectivity index (χ1) is 15.8. The molecule has 0 saturated heterocycles. The van der Waals surface area contributed by atoms with E-state index in [0.717, 1.165) is 64.2 Å². The Labute approximate surface area is 199 Å². The lowest BCUT2D eigenvalue weighted by molar-refractivity contribution is -0.161. The summed E-state index contributed by atoms with van der Waals surface area (Å²) in [5, 5.41) is 0. The Kier molecular flexibility index (Phi) is 20.5. The zero-order chi connectivity index (χ0) is 24.8. The summed E-state index contributed by atoms with van der Waals surface area (Å²) < 4.78 is 32.0. The summed E-state index contributed by atoms with van der Waals surface area (Å²) in [5.41, 5.74) is 5.25. The van der Waals surface area contributed by atoms with Gasteiger partial charge < -0.3 is 20.1 Å². The standard InChI is InChI=1S/C23H44NO8P/c1-3-5-7-9-10-12-14-16-23(26)32-21(20-31-33(27,28)30-18-17-24)19-29-22(25)15-13-11-8-6-4-2/h3,21H,1,4-20,24H2,2H3,(H,27,28)/t21-/m1/s1. The maximum absolute atomic E-state index is 12.2. The highest BCUT2D eigenvalue weighted by molar-refractivity contribution is 7.47. The Morgan fingerprint density at radius 3 is 2.18 bits per heavy atom. The van der Waals surface area contributed by atoms with Crippen molar-refractivity contribution < 1.29 is 37.6 Å². The molecule has 0 heterocycles. The maximum Gasteiger partial charge on any atom is 0.472 e. The van der Waals surface area contributed by atoms with Crippen molar-refractivity contribution in [1.82, 2.24) is 0 Å². The monoisotopic (exact) mass is 493 g/mol. The van der Waals surface area contributed by atoms with Crippen molar-refractivity contribution in [2.75, 3.05) is 26.4 Å². The van der Waals surface area contributed by atoms with Gasteiger partial charge in [0, 0.05) is 19.4 Å². The second kappa shape index (κ2) is 21.3. The van der Waals surface area contributed by atoms with Crippen LogP contribution in [0, 0.1) is 0 Å². The minimum Gasteiger partial charge on any atom is -0.462 e. The number of phosphoric acid groups is 1. The van der Waals surface area contributed by atoms with Gasteiger partial charge in [-0.2, -0.15) is 0 Å². The molecule has 0 bridgehead atoms. The quantitative estimate of drug-likeness (QED) is 0.0889. The molecule has 0 aromatic carbocycles. The fraction of sp³-hybridized carbons (Fsp3) is 0.826. The molecule has 9 nitrogen and oxygen atoms in total. The molecule has 0 aliphatic carbocycles. The summed E-state index contributed by atoms with van der Waals surface area (Å²) in [7, 11) is -4.34. The zero-order valence-corrected chi connectivity index (χ0v) is 21.1. The number of ether oxygens (including phenoxy) is 2. The van der Waals surface area contributed by atoms with Crippen LogP contribution in [0.25, 0.3) is 0 Å². The van der Waals surface area contributed by atoms with Crippen molar-refractivity contribution in [3.8, 4) is 0 Å². The van der Waals surface area contributed by atoms with Gasteiger partial charge in [-0.25, -0.2) is 4.57 Å². The van der Waals surface area contributed by atoms with E-state index in [-0.39, 0.29) is 32.6 Å². The first-order valence-corrected chi connectivity index (χ1v) is 13.6. The summed E-state index contributed by atoms with van der Waals surface area (Å²) >= 11 is 0. The van der Waals surface area contributed by atoms with E-state index in [9.17, 15) is 19.0 Å². The van der Waals surface area contributed by atoms with Gasteiger partial charge in [0.25, 0.3) is 0 Å². The lowest BCUT2D eigenvalue weighted by Gasteiger charge is -2.19. The van der Waals surface area contributed by atoms with Gasteiger partial charge in [-0.15, -0.1) is 6.58 Å². The Morgan fingerprint density at radius 2 is 1.55 bits per heavy atom. The van der Waals surface area contributed by atoms with Crippen molar-refractivity contribution in [3.63, 3.8) is 0 Å². The van der Waals surface area contributed by atoms with Crippen molar-refractivity contribution >= 4 is 19.8 Å². The molecule has 0 aromatic rings. The molecule has 3 N–H and O–H groups in total. The maximum atomic E-state index is 12.2. The number of nitrogens with two attached hydrogens (primary N) is 1. The third-order valence-corrected chi connectivity index (χ3v) is 5.78. The lowest BCUT2D eigenvalue weighted by Crippen LogP contribution is -2.29. The number of hydrogen-bond donors (Lipinski definition) is 2. The van der Waals surface area contributed by atoms with E-state index in [4.69, 9.17) is 19.7 Å². The van der Waals surface area contributed by atoms with Crippen LogP contribution in [0.2, 0.25) is 0 Å². The van der Waals surface area contributed by atoms with Gasteiger partial charge in [0.05, 0.1) is 13.2 Å². The fourth-order valence-electron chi connectivity index (χ4n) is 2.96. The highest BCUT2D eigenvalue weighted by Crippen LogP contribution is 2.43. The van der Waals surface area contributed by atoms with Gasteiger partial charge in [-0.05, 0) is 25.7 Å². The first-order valence-electron chi connectivity index (χ1n) is 12.1. The van der Waals surface area contributed by atoms with Crippen LogP contribution in [0.4, 0.5) is 0 Å². The van der Waals surface area contributed by atoms with Crippen LogP contribution in [-0.2, 0) is 32.7 Å². The minimum absolute atomic E-state index is 0.0514. The summed E-state index contributed by atoms with van der Waals surface area (Å²) in [6, 6.07) is 0. The van der Waals surface area contributed by atoms with Crippen LogP contribution < -0.4 is 5.73 Å². The summed E-state index contributed by atoms with van der Waals surface area (Å²) in [4.78, 5) is 33.8. The van der Waals surface area contributed by atoms with Crippen LogP contribution in [-0.4, -0.2) is 49.3 Å². The Balaban J connectivity index is 4.46. The second-order valence-corrected chi connectivity index (χ2v) is 9.39. The number of unbranched alkanes of at least 4 members (excludes halogenated alkanes) is 9. The topological polar surface area (TPSA) is 134 Å². The van der Waals surface area contributed by atoms with Gasteiger partial charge >= 0.3 is 19.8 Å². The van der Waals surface area contributed by atoms with Gasteiger partial charge in [0.15, 0.2) is 6.10 Å². The van der Waals surface area contributed by atoms with E-state index in [1.165, 1.54) is 0 Å². The number of rotatable bonds is 23. The smallest absolute Gasteiger partial charge is 0.462 e. The van der Waals surface area contributed by atoms with Crippen LogP contribution >= 0.6 is 7.82 Å². The molecule has 0 fully saturated rings. The normalized spacial score (nSPS) is 13.8. The molecule has 0 spiro atoms. The van der Waals surface area contributed by atoms with Gasteiger partial charge in [0.1, 0.15) is 6.61 Å².